The minimum absolute atomic E-state index is 0.149. The predicted molar refractivity (Wildman–Crippen MR) is 70.6 cm³/mol. The van der Waals surface area contributed by atoms with E-state index >= 15 is 0 Å². The van der Waals surface area contributed by atoms with E-state index < -0.39 is 10.7 Å². The number of Topliss-reactive ketones (excluding diaryl/α,β-unsaturated/α-hetero) is 2. The minimum Gasteiger partial charge on any atom is -0.294 e. The number of aromatic nitrogens is 1. The molecular formula is C14H10N2O4. The lowest BCUT2D eigenvalue weighted by Gasteiger charge is -2.01. The van der Waals surface area contributed by atoms with Crippen LogP contribution in [0.25, 0.3) is 0 Å². The van der Waals surface area contributed by atoms with Crippen molar-refractivity contribution >= 4 is 17.3 Å². The summed E-state index contributed by atoms with van der Waals surface area (Å²) < 4.78 is 0. The van der Waals surface area contributed by atoms with Crippen molar-refractivity contribution in [2.45, 2.75) is 6.42 Å². The molecule has 1 aromatic carbocycles. The molecule has 0 aliphatic carbocycles. The van der Waals surface area contributed by atoms with Gasteiger partial charge in [-0.05, 0) is 12.1 Å². The van der Waals surface area contributed by atoms with Crippen LogP contribution in [0.4, 0.5) is 5.69 Å². The van der Waals surface area contributed by atoms with Gasteiger partial charge in [0.1, 0.15) is 0 Å². The number of nitrogens with zero attached hydrogens (tertiary/aromatic N) is 2. The third kappa shape index (κ3) is 3.11. The second kappa shape index (κ2) is 5.83. The van der Waals surface area contributed by atoms with Gasteiger partial charge in [-0.25, -0.2) is 0 Å². The number of carbonyl (C=O) groups is 2. The van der Waals surface area contributed by atoms with Crippen LogP contribution in [0, 0.1) is 10.1 Å². The zero-order valence-corrected chi connectivity index (χ0v) is 10.4. The molecule has 6 nitrogen and oxygen atoms in total. The maximum atomic E-state index is 11.9. The van der Waals surface area contributed by atoms with Gasteiger partial charge >= 0.3 is 0 Å². The molecule has 2 aromatic rings. The molecule has 1 aromatic heterocycles. The van der Waals surface area contributed by atoms with E-state index in [-0.39, 0.29) is 23.5 Å². The first-order chi connectivity index (χ1) is 9.58. The Morgan fingerprint density at radius 1 is 1.10 bits per heavy atom. The van der Waals surface area contributed by atoms with Crippen LogP contribution >= 0.6 is 0 Å². The molecule has 0 N–H and O–H groups in total. The first-order valence-corrected chi connectivity index (χ1v) is 5.79. The SMILES string of the molecule is O=C(CC(=O)c1cccc([N+](=O)[O-])c1)c1cccnc1. The van der Waals surface area contributed by atoms with Crippen molar-refractivity contribution in [1.29, 1.82) is 0 Å². The highest BCUT2D eigenvalue weighted by molar-refractivity contribution is 6.13. The third-order valence-corrected chi connectivity index (χ3v) is 2.68. The van der Waals surface area contributed by atoms with Crippen molar-refractivity contribution in [3.05, 3.63) is 70.0 Å². The Kier molecular flexibility index (Phi) is 3.95. The maximum absolute atomic E-state index is 11.9. The second-order valence-corrected chi connectivity index (χ2v) is 4.07. The van der Waals surface area contributed by atoms with Crippen molar-refractivity contribution in [3.63, 3.8) is 0 Å². The van der Waals surface area contributed by atoms with E-state index in [9.17, 15) is 19.7 Å². The average Bonchev–Trinajstić information content (AvgIpc) is 2.48. The third-order valence-electron chi connectivity index (χ3n) is 2.68. The molecule has 0 atom stereocenters. The molecule has 0 aliphatic rings. The fourth-order valence-electron chi connectivity index (χ4n) is 1.67. The van der Waals surface area contributed by atoms with Crippen LogP contribution in [0.5, 0.6) is 0 Å². The lowest BCUT2D eigenvalue weighted by Crippen LogP contribution is -2.09. The summed E-state index contributed by atoms with van der Waals surface area (Å²) in [5.41, 5.74) is 0.312. The number of pyridine rings is 1. The second-order valence-electron chi connectivity index (χ2n) is 4.07. The Hall–Kier alpha value is -2.89. The molecule has 0 aliphatic heterocycles. The summed E-state index contributed by atoms with van der Waals surface area (Å²) in [5.74, 6) is -0.822. The highest BCUT2D eigenvalue weighted by Gasteiger charge is 2.16. The van der Waals surface area contributed by atoms with Gasteiger partial charge in [-0.3, -0.25) is 24.7 Å². The molecule has 6 heteroatoms. The number of hydrogen-bond donors (Lipinski definition) is 0. The Morgan fingerprint density at radius 3 is 2.45 bits per heavy atom. The molecule has 100 valence electrons. The summed E-state index contributed by atoms with van der Waals surface area (Å²) in [4.78, 5) is 37.6. The van der Waals surface area contributed by atoms with Crippen LogP contribution in [0.2, 0.25) is 0 Å². The molecule has 0 amide bonds. The maximum Gasteiger partial charge on any atom is 0.270 e. The number of nitro benzene ring substituents is 1. The van der Waals surface area contributed by atoms with Gasteiger partial charge in [0.05, 0.1) is 11.3 Å². The monoisotopic (exact) mass is 270 g/mol. The van der Waals surface area contributed by atoms with E-state index in [4.69, 9.17) is 0 Å². The highest BCUT2D eigenvalue weighted by Crippen LogP contribution is 2.15. The van der Waals surface area contributed by atoms with Crippen molar-refractivity contribution < 1.29 is 14.5 Å². The molecule has 0 spiro atoms. The van der Waals surface area contributed by atoms with Crippen LogP contribution in [0.1, 0.15) is 27.1 Å². The van der Waals surface area contributed by atoms with E-state index in [0.29, 0.717) is 5.56 Å². The fraction of sp³-hybridized carbons (Fsp3) is 0.0714. The van der Waals surface area contributed by atoms with E-state index in [1.807, 2.05) is 0 Å². The number of carbonyl (C=O) groups excluding carboxylic acids is 2. The van der Waals surface area contributed by atoms with Crippen molar-refractivity contribution in [3.8, 4) is 0 Å². The summed E-state index contributed by atoms with van der Waals surface area (Å²) in [6.45, 7) is 0. The van der Waals surface area contributed by atoms with Crippen molar-refractivity contribution in [1.82, 2.24) is 4.98 Å². The summed E-state index contributed by atoms with van der Waals surface area (Å²) in [5, 5.41) is 10.6. The largest absolute Gasteiger partial charge is 0.294 e. The minimum atomic E-state index is -0.584. The first kappa shape index (κ1) is 13.5. The predicted octanol–water partition coefficient (Wildman–Crippen LogP) is 2.45. The van der Waals surface area contributed by atoms with Crippen LogP contribution < -0.4 is 0 Å². The standard InChI is InChI=1S/C14H10N2O4/c17-13(8-14(18)11-4-2-6-15-9-11)10-3-1-5-12(7-10)16(19)20/h1-7,9H,8H2. The Labute approximate surface area is 114 Å². The van der Waals surface area contributed by atoms with Crippen molar-refractivity contribution in [2.75, 3.05) is 0 Å². The molecular weight excluding hydrogens is 260 g/mol. The summed E-state index contributed by atoms with van der Waals surface area (Å²) in [6.07, 6.45) is 2.56. The lowest BCUT2D eigenvalue weighted by atomic mass is 10.0. The summed E-state index contributed by atoms with van der Waals surface area (Å²) in [7, 11) is 0. The topological polar surface area (TPSA) is 90.2 Å². The van der Waals surface area contributed by atoms with E-state index in [1.165, 1.54) is 36.7 Å². The van der Waals surface area contributed by atoms with Gasteiger partial charge in [0.2, 0.25) is 0 Å². The lowest BCUT2D eigenvalue weighted by molar-refractivity contribution is -0.384. The molecule has 2 rings (SSSR count). The number of non-ortho nitro benzene ring substituents is 1. The number of rotatable bonds is 5. The molecule has 0 radical (unpaired) electrons. The van der Waals surface area contributed by atoms with Gasteiger partial charge in [0, 0.05) is 35.7 Å². The zero-order chi connectivity index (χ0) is 14.5. The van der Waals surface area contributed by atoms with Gasteiger partial charge in [-0.15, -0.1) is 0 Å². The molecule has 0 fully saturated rings. The average molecular weight is 270 g/mol. The van der Waals surface area contributed by atoms with E-state index in [0.717, 1.165) is 0 Å². The first-order valence-electron chi connectivity index (χ1n) is 5.79. The molecule has 0 bridgehead atoms. The molecule has 1 heterocycles. The Bertz CT molecular complexity index is 668. The number of hydrogen-bond acceptors (Lipinski definition) is 5. The molecule has 0 unspecified atom stereocenters. The summed E-state index contributed by atoms with van der Waals surface area (Å²) in [6, 6.07) is 8.49. The fourth-order valence-corrected chi connectivity index (χ4v) is 1.67. The smallest absolute Gasteiger partial charge is 0.270 e. The molecule has 20 heavy (non-hydrogen) atoms. The number of nitro groups is 1. The molecule has 0 saturated carbocycles. The normalized spacial score (nSPS) is 10.0. The summed E-state index contributed by atoms with van der Waals surface area (Å²) >= 11 is 0. The zero-order valence-electron chi connectivity index (χ0n) is 10.4. The van der Waals surface area contributed by atoms with Crippen LogP contribution in [0.15, 0.2) is 48.8 Å². The van der Waals surface area contributed by atoms with Crippen LogP contribution in [-0.4, -0.2) is 21.5 Å². The van der Waals surface area contributed by atoms with Crippen LogP contribution in [0.3, 0.4) is 0 Å². The Morgan fingerprint density at radius 2 is 1.80 bits per heavy atom. The van der Waals surface area contributed by atoms with E-state index in [1.54, 1.807) is 12.1 Å². The van der Waals surface area contributed by atoms with Crippen molar-refractivity contribution in [2.24, 2.45) is 0 Å². The quantitative estimate of drug-likeness (QED) is 0.360. The van der Waals surface area contributed by atoms with E-state index in [2.05, 4.69) is 4.98 Å². The van der Waals surface area contributed by atoms with Gasteiger partial charge in [-0.1, -0.05) is 12.1 Å². The Balaban J connectivity index is 2.15. The van der Waals surface area contributed by atoms with Gasteiger partial charge in [0.15, 0.2) is 11.6 Å². The van der Waals surface area contributed by atoms with Gasteiger partial charge in [0.25, 0.3) is 5.69 Å². The van der Waals surface area contributed by atoms with Gasteiger partial charge < -0.3 is 0 Å². The highest BCUT2D eigenvalue weighted by atomic mass is 16.6. The van der Waals surface area contributed by atoms with Crippen LogP contribution in [-0.2, 0) is 0 Å². The number of ketones is 2. The number of benzene rings is 1. The molecule has 0 saturated heterocycles. The van der Waals surface area contributed by atoms with Gasteiger partial charge in [-0.2, -0.15) is 0 Å².